The minimum absolute atomic E-state index is 0.249. The topological polar surface area (TPSA) is 46.3 Å². The van der Waals surface area contributed by atoms with Gasteiger partial charge in [0, 0.05) is 6.54 Å². The number of nitrogens with one attached hydrogen (secondary N) is 2. The van der Waals surface area contributed by atoms with Crippen molar-refractivity contribution in [3.63, 3.8) is 0 Å². The molecule has 25 heavy (non-hydrogen) atoms. The third-order valence-corrected chi connectivity index (χ3v) is 7.18. The molecule has 5 nitrogen and oxygen atoms in total. The van der Waals surface area contributed by atoms with Crippen molar-refractivity contribution in [1.29, 1.82) is 0 Å². The highest BCUT2D eigenvalue weighted by molar-refractivity contribution is 6.06. The predicted molar refractivity (Wildman–Crippen MR) is 93.4 cm³/mol. The molecule has 6 rings (SSSR count). The first kappa shape index (κ1) is 15.5. The van der Waals surface area contributed by atoms with Crippen LogP contribution in [0.2, 0.25) is 0 Å². The maximum absolute atomic E-state index is 13.8. The Labute approximate surface area is 148 Å². The average Bonchev–Trinajstić information content (AvgIpc) is 2.80. The highest BCUT2D eigenvalue weighted by atomic mass is 16.2. The van der Waals surface area contributed by atoms with Crippen molar-refractivity contribution in [2.45, 2.75) is 32.9 Å². The number of ketones is 1. The molecule has 0 atom stereocenters. The van der Waals surface area contributed by atoms with E-state index in [1.165, 1.54) is 15.4 Å². The average molecular weight is 341 g/mol. The number of anilines is 1. The van der Waals surface area contributed by atoms with Gasteiger partial charge in [0.15, 0.2) is 5.78 Å². The summed E-state index contributed by atoms with van der Waals surface area (Å²) in [5.74, 6) is 0.672. The Kier molecular flexibility index (Phi) is 2.80. The monoisotopic (exact) mass is 341 g/mol. The second kappa shape index (κ2) is 4.51. The van der Waals surface area contributed by atoms with Gasteiger partial charge in [-0.3, -0.25) is 19.4 Å². The van der Waals surface area contributed by atoms with Gasteiger partial charge in [0.05, 0.1) is 5.69 Å². The van der Waals surface area contributed by atoms with Gasteiger partial charge < -0.3 is 4.90 Å². The normalized spacial score (nSPS) is 44.0. The van der Waals surface area contributed by atoms with E-state index in [1.54, 1.807) is 0 Å². The summed E-state index contributed by atoms with van der Waals surface area (Å²) < 4.78 is 0. The molecule has 1 spiro atoms. The molecule has 1 aromatic carbocycles. The summed E-state index contributed by atoms with van der Waals surface area (Å²) in [4.78, 5) is 31.4. The fourth-order valence-corrected chi connectivity index (χ4v) is 6.55. The zero-order valence-corrected chi connectivity index (χ0v) is 15.3. The quantitative estimate of drug-likeness (QED) is 0.724. The van der Waals surface area contributed by atoms with Crippen LogP contribution in [-0.4, -0.2) is 44.4 Å². The summed E-state index contributed by atoms with van der Waals surface area (Å²) in [6.07, 6.45) is 0.953. The van der Waals surface area contributed by atoms with Gasteiger partial charge in [0.2, 0.25) is 0 Å². The van der Waals surface area contributed by atoms with Crippen LogP contribution < -0.4 is 14.7 Å². The maximum atomic E-state index is 13.8. The Bertz CT molecular complexity index is 762. The smallest absolute Gasteiger partial charge is 0.300 e. The second-order valence-corrected chi connectivity index (χ2v) is 9.09. The van der Waals surface area contributed by atoms with Crippen LogP contribution in [0.3, 0.4) is 0 Å². The van der Waals surface area contributed by atoms with Gasteiger partial charge in [-0.25, -0.2) is 0 Å². The van der Waals surface area contributed by atoms with Crippen molar-refractivity contribution < 1.29 is 19.4 Å². The number of fused-ring (bicyclic) bond motifs is 1. The van der Waals surface area contributed by atoms with Crippen molar-refractivity contribution in [3.05, 3.63) is 29.8 Å². The van der Waals surface area contributed by atoms with Crippen molar-refractivity contribution in [2.24, 2.45) is 10.8 Å². The first-order chi connectivity index (χ1) is 11.9. The maximum Gasteiger partial charge on any atom is 0.353 e. The van der Waals surface area contributed by atoms with Gasteiger partial charge in [-0.05, 0) is 32.4 Å². The molecule has 5 heterocycles. The molecule has 4 bridgehead atoms. The molecular weight excluding hydrogens is 314 g/mol. The standard InChI is InChI=1S/C20H25N3O2/c1-4-9-23-15-8-6-5-7-14(15)20(17(23)25)21-10-18(2)11-22(20)13-19(3,12-21)16(18)24/h5-8H,4,9-13H2,1-3H3/p+2. The third kappa shape index (κ3) is 1.57. The lowest BCUT2D eigenvalue weighted by Crippen LogP contribution is -3.48. The molecule has 5 aliphatic rings. The fraction of sp³-hybridized carbons (Fsp3) is 0.600. The van der Waals surface area contributed by atoms with Crippen LogP contribution in [-0.2, 0) is 15.3 Å². The summed E-state index contributed by atoms with van der Waals surface area (Å²) >= 11 is 0. The van der Waals surface area contributed by atoms with E-state index in [0.29, 0.717) is 5.78 Å². The van der Waals surface area contributed by atoms with E-state index in [9.17, 15) is 9.59 Å². The van der Waals surface area contributed by atoms with Crippen LogP contribution in [0.4, 0.5) is 5.69 Å². The SMILES string of the molecule is CCCN1C(=O)C2(c3ccccc31)[NH+]1CC3(C)C[NH+]2CC(C)(C1)C3=O. The van der Waals surface area contributed by atoms with Crippen LogP contribution in [0, 0.1) is 10.8 Å². The van der Waals surface area contributed by atoms with Crippen molar-refractivity contribution in [3.8, 4) is 0 Å². The number of hydrogen-bond acceptors (Lipinski definition) is 2. The number of nitrogens with zero attached hydrogens (tertiary/aromatic N) is 1. The van der Waals surface area contributed by atoms with Crippen LogP contribution in [0.15, 0.2) is 24.3 Å². The zero-order chi connectivity index (χ0) is 17.6. The predicted octanol–water partition coefficient (Wildman–Crippen LogP) is -1.01. The molecule has 132 valence electrons. The van der Waals surface area contributed by atoms with E-state index < -0.39 is 5.66 Å². The first-order valence-corrected chi connectivity index (χ1v) is 9.53. The van der Waals surface area contributed by atoms with Crippen molar-refractivity contribution in [2.75, 3.05) is 37.6 Å². The summed E-state index contributed by atoms with van der Waals surface area (Å²) in [6.45, 7) is 10.3. The van der Waals surface area contributed by atoms with Gasteiger partial charge in [-0.2, -0.15) is 0 Å². The number of hydrogen-bond donors (Lipinski definition) is 2. The lowest BCUT2D eigenvalue weighted by Gasteiger charge is -2.61. The van der Waals surface area contributed by atoms with E-state index in [1.807, 2.05) is 11.0 Å². The number of piperidine rings is 2. The van der Waals surface area contributed by atoms with Crippen LogP contribution in [0.25, 0.3) is 0 Å². The molecule has 5 heteroatoms. The first-order valence-electron chi connectivity index (χ1n) is 9.53. The van der Waals surface area contributed by atoms with Crippen LogP contribution >= 0.6 is 0 Å². The van der Waals surface area contributed by atoms with Crippen molar-refractivity contribution >= 4 is 17.4 Å². The molecule has 0 aromatic heterocycles. The number of amides is 1. The van der Waals surface area contributed by atoms with Crippen molar-refractivity contribution in [1.82, 2.24) is 0 Å². The molecule has 1 aromatic rings. The van der Waals surface area contributed by atoms with E-state index in [4.69, 9.17) is 0 Å². The Hall–Kier alpha value is -1.72. The Morgan fingerprint density at radius 2 is 1.56 bits per heavy atom. The number of quaternary nitrogens is 2. The molecule has 5 aliphatic heterocycles. The number of rotatable bonds is 2. The number of benzene rings is 1. The largest absolute Gasteiger partial charge is 0.353 e. The van der Waals surface area contributed by atoms with Gasteiger partial charge in [0.25, 0.3) is 0 Å². The molecule has 0 radical (unpaired) electrons. The Morgan fingerprint density at radius 1 is 1.00 bits per heavy atom. The number of Topliss-reactive ketones (excluding diaryl/α,β-unsaturated/α-hetero) is 1. The minimum atomic E-state index is -0.536. The Morgan fingerprint density at radius 3 is 2.12 bits per heavy atom. The highest BCUT2D eigenvalue weighted by Crippen LogP contribution is 2.43. The molecule has 0 aliphatic carbocycles. The van der Waals surface area contributed by atoms with Crippen LogP contribution in [0.5, 0.6) is 0 Å². The van der Waals surface area contributed by atoms with Gasteiger partial charge in [-0.1, -0.05) is 19.1 Å². The summed E-state index contributed by atoms with van der Waals surface area (Å²) in [5, 5.41) is 0. The number of carbonyl (C=O) groups excluding carboxylic acids is 2. The lowest BCUT2D eigenvalue weighted by atomic mass is 9.60. The fourth-order valence-electron chi connectivity index (χ4n) is 6.55. The zero-order valence-electron chi connectivity index (χ0n) is 15.3. The molecule has 4 saturated heterocycles. The van der Waals surface area contributed by atoms with Gasteiger partial charge in [0.1, 0.15) is 42.6 Å². The van der Waals surface area contributed by atoms with Gasteiger partial charge in [-0.15, -0.1) is 0 Å². The summed E-state index contributed by atoms with van der Waals surface area (Å²) in [7, 11) is 0. The Balaban J connectivity index is 1.71. The number of para-hydroxylation sites is 1. The number of carbonyl (C=O) groups is 2. The molecule has 1 amide bonds. The highest BCUT2D eigenvalue weighted by Gasteiger charge is 2.79. The van der Waals surface area contributed by atoms with E-state index in [-0.39, 0.29) is 16.7 Å². The second-order valence-electron chi connectivity index (χ2n) is 9.09. The van der Waals surface area contributed by atoms with E-state index in [2.05, 4.69) is 39.0 Å². The van der Waals surface area contributed by atoms with Crippen LogP contribution in [0.1, 0.15) is 32.8 Å². The molecule has 0 saturated carbocycles. The lowest BCUT2D eigenvalue weighted by molar-refractivity contribution is -1.20. The molecule has 2 N–H and O–H groups in total. The minimum Gasteiger partial charge on any atom is -0.300 e. The third-order valence-electron chi connectivity index (χ3n) is 7.18. The molecule has 4 fully saturated rings. The van der Waals surface area contributed by atoms with Gasteiger partial charge >= 0.3 is 11.6 Å². The molecule has 0 unspecified atom stereocenters. The van der Waals surface area contributed by atoms with E-state index in [0.717, 1.165) is 44.8 Å². The van der Waals surface area contributed by atoms with E-state index >= 15 is 0 Å². The summed E-state index contributed by atoms with van der Waals surface area (Å²) in [5.41, 5.74) is 1.16. The summed E-state index contributed by atoms with van der Waals surface area (Å²) in [6, 6.07) is 8.34. The molecular formula is C20H27N3O2+2.